The summed E-state index contributed by atoms with van der Waals surface area (Å²) in [6.07, 6.45) is 3.66. The molecule has 8 heteroatoms. The summed E-state index contributed by atoms with van der Waals surface area (Å²) in [6.45, 7) is 9.13. The third-order valence-electron chi connectivity index (χ3n) is 6.35. The Kier molecular flexibility index (Phi) is 5.69. The number of rotatable bonds is 6. The molecule has 0 aliphatic rings. The maximum atomic E-state index is 12.6. The molecule has 5 aromatic rings. The second-order valence-electron chi connectivity index (χ2n) is 8.60. The number of nitrogens with one attached hydrogen (secondary N) is 2. The van der Waals surface area contributed by atoms with Crippen molar-refractivity contribution in [3.63, 3.8) is 0 Å². The van der Waals surface area contributed by atoms with Gasteiger partial charge in [0.15, 0.2) is 5.65 Å². The minimum atomic E-state index is -0.0550. The van der Waals surface area contributed by atoms with Crippen LogP contribution in [0.2, 0.25) is 0 Å². The third-order valence-corrected chi connectivity index (χ3v) is 7.00. The van der Waals surface area contributed by atoms with Gasteiger partial charge in [-0.1, -0.05) is 37.1 Å². The van der Waals surface area contributed by atoms with Gasteiger partial charge in [0.2, 0.25) is 0 Å². The summed E-state index contributed by atoms with van der Waals surface area (Å²) in [6, 6.07) is 10.4. The molecule has 0 amide bonds. The van der Waals surface area contributed by atoms with Crippen LogP contribution in [0.1, 0.15) is 29.4 Å². The molecule has 0 unspecified atom stereocenters. The average molecular weight is 473 g/mol. The van der Waals surface area contributed by atoms with Crippen molar-refractivity contribution in [2.75, 3.05) is 10.5 Å². The minimum Gasteiger partial charge on any atom is -0.357 e. The second kappa shape index (κ2) is 8.68. The van der Waals surface area contributed by atoms with Crippen molar-refractivity contribution in [2.45, 2.75) is 34.2 Å². The first-order valence-electron chi connectivity index (χ1n) is 11.4. The lowest BCUT2D eigenvalue weighted by Crippen LogP contribution is -2.16. The molecular weight excluding hydrogens is 444 g/mol. The molecule has 0 spiro atoms. The molecule has 0 aliphatic heterocycles. The minimum absolute atomic E-state index is 0.0550. The summed E-state index contributed by atoms with van der Waals surface area (Å²) in [5.41, 5.74) is 8.63. The van der Waals surface area contributed by atoms with Crippen LogP contribution in [-0.2, 0) is 13.6 Å². The van der Waals surface area contributed by atoms with Crippen molar-refractivity contribution in [1.82, 2.24) is 24.1 Å². The highest BCUT2D eigenvalue weighted by molar-refractivity contribution is 8.00. The lowest BCUT2D eigenvalue weighted by molar-refractivity contribution is 0.769. The fourth-order valence-electron chi connectivity index (χ4n) is 4.48. The van der Waals surface area contributed by atoms with Crippen LogP contribution in [-0.4, -0.2) is 29.8 Å². The number of aryl methyl sites for hydroxylation is 4. The molecule has 34 heavy (non-hydrogen) atoms. The van der Waals surface area contributed by atoms with Gasteiger partial charge >= 0.3 is 0 Å². The predicted molar refractivity (Wildman–Crippen MR) is 142 cm³/mol. The summed E-state index contributed by atoms with van der Waals surface area (Å²) in [5.74, 6) is 1.84. The van der Waals surface area contributed by atoms with Gasteiger partial charge in [0.25, 0.3) is 5.56 Å². The highest BCUT2D eigenvalue weighted by atomic mass is 32.2. The molecule has 0 aliphatic carbocycles. The van der Waals surface area contributed by atoms with E-state index in [4.69, 9.17) is 9.97 Å². The zero-order valence-corrected chi connectivity index (χ0v) is 20.9. The SMILES string of the molecule is CCSNc1cc(-c2cn(C)c(=O)c3[nH]ccc23)nc2c1nc(C)n2Cc1c(C)cccc1C. The molecule has 1 aromatic carbocycles. The van der Waals surface area contributed by atoms with E-state index < -0.39 is 0 Å². The third kappa shape index (κ3) is 3.68. The Balaban J connectivity index is 1.77. The van der Waals surface area contributed by atoms with Crippen LogP contribution in [0.25, 0.3) is 33.3 Å². The first-order valence-corrected chi connectivity index (χ1v) is 12.4. The van der Waals surface area contributed by atoms with Gasteiger partial charge in [0, 0.05) is 36.1 Å². The Hall–Kier alpha value is -3.52. The monoisotopic (exact) mass is 472 g/mol. The zero-order chi connectivity index (χ0) is 24.0. The lowest BCUT2D eigenvalue weighted by atomic mass is 10.0. The fraction of sp³-hybridized carbons (Fsp3) is 0.269. The number of H-pyrrole nitrogens is 1. The molecule has 174 valence electrons. The number of imidazole rings is 1. The van der Waals surface area contributed by atoms with Crippen LogP contribution < -0.4 is 10.3 Å². The van der Waals surface area contributed by atoms with E-state index in [1.165, 1.54) is 16.7 Å². The van der Waals surface area contributed by atoms with Gasteiger partial charge in [0.1, 0.15) is 16.9 Å². The van der Waals surface area contributed by atoms with Crippen LogP contribution in [0.4, 0.5) is 5.69 Å². The second-order valence-corrected chi connectivity index (χ2v) is 9.67. The number of anilines is 1. The van der Waals surface area contributed by atoms with Gasteiger partial charge in [0.05, 0.1) is 17.9 Å². The van der Waals surface area contributed by atoms with Crippen molar-refractivity contribution < 1.29 is 0 Å². The Bertz CT molecular complexity index is 1570. The number of hydrogen-bond acceptors (Lipinski definition) is 5. The number of aromatic amines is 1. The van der Waals surface area contributed by atoms with Crippen molar-refractivity contribution in [2.24, 2.45) is 7.05 Å². The quantitative estimate of drug-likeness (QED) is 0.327. The molecule has 0 fully saturated rings. The molecule has 0 bridgehead atoms. The first-order chi connectivity index (χ1) is 16.4. The Morgan fingerprint density at radius 2 is 1.88 bits per heavy atom. The maximum absolute atomic E-state index is 12.6. The summed E-state index contributed by atoms with van der Waals surface area (Å²) >= 11 is 1.63. The van der Waals surface area contributed by atoms with Crippen LogP contribution >= 0.6 is 11.9 Å². The number of benzene rings is 1. The fourth-order valence-corrected chi connectivity index (χ4v) is 4.94. The van der Waals surface area contributed by atoms with E-state index in [0.717, 1.165) is 45.1 Å². The maximum Gasteiger partial charge on any atom is 0.274 e. The molecule has 0 saturated heterocycles. The van der Waals surface area contributed by atoms with Crippen molar-refractivity contribution in [1.29, 1.82) is 0 Å². The van der Waals surface area contributed by atoms with E-state index in [1.54, 1.807) is 29.8 Å². The number of pyridine rings is 2. The van der Waals surface area contributed by atoms with Gasteiger partial charge in [-0.05, 0) is 49.6 Å². The molecular formula is C26H28N6OS. The van der Waals surface area contributed by atoms with Crippen molar-refractivity contribution >= 4 is 39.7 Å². The highest BCUT2D eigenvalue weighted by Gasteiger charge is 2.19. The number of fused-ring (bicyclic) bond motifs is 2. The van der Waals surface area contributed by atoms with E-state index in [9.17, 15) is 4.79 Å². The summed E-state index contributed by atoms with van der Waals surface area (Å²) in [5, 5.41) is 0.863. The molecule has 0 saturated carbocycles. The standard InChI is InChI=1S/C26H28N6OS/c1-6-34-30-22-12-21(20-13-31(5)26(33)23-18(20)10-11-27-23)29-25-24(22)28-17(4)32(25)14-19-15(2)8-7-9-16(19)3/h7-13,27H,6,14H2,1-5H3,(H,29,30). The number of hydrogen-bond donors (Lipinski definition) is 2. The van der Waals surface area contributed by atoms with Crippen molar-refractivity contribution in [3.05, 3.63) is 75.6 Å². The van der Waals surface area contributed by atoms with Gasteiger partial charge < -0.3 is 18.8 Å². The number of nitrogens with zero attached hydrogens (tertiary/aromatic N) is 4. The van der Waals surface area contributed by atoms with E-state index in [2.05, 4.69) is 53.2 Å². The van der Waals surface area contributed by atoms with Gasteiger partial charge in [-0.15, -0.1) is 0 Å². The number of aromatic nitrogens is 5. The molecule has 4 heterocycles. The summed E-state index contributed by atoms with van der Waals surface area (Å²) < 4.78 is 7.26. The smallest absolute Gasteiger partial charge is 0.274 e. The Morgan fingerprint density at radius 1 is 1.12 bits per heavy atom. The molecule has 2 N–H and O–H groups in total. The van der Waals surface area contributed by atoms with E-state index in [1.807, 2.05) is 25.3 Å². The molecule has 5 rings (SSSR count). The summed E-state index contributed by atoms with van der Waals surface area (Å²) in [4.78, 5) is 25.7. The molecule has 4 aromatic heterocycles. The topological polar surface area (TPSA) is 80.5 Å². The molecule has 0 radical (unpaired) electrons. The highest BCUT2D eigenvalue weighted by Crippen LogP contribution is 2.33. The van der Waals surface area contributed by atoms with Crippen LogP contribution in [0.5, 0.6) is 0 Å². The Morgan fingerprint density at radius 3 is 2.62 bits per heavy atom. The van der Waals surface area contributed by atoms with Crippen molar-refractivity contribution in [3.8, 4) is 11.3 Å². The average Bonchev–Trinajstić information content (AvgIpc) is 3.42. The first kappa shape index (κ1) is 22.3. The zero-order valence-electron chi connectivity index (χ0n) is 20.1. The molecule has 7 nitrogen and oxygen atoms in total. The van der Waals surface area contributed by atoms with Gasteiger partial charge in [-0.25, -0.2) is 9.97 Å². The normalized spacial score (nSPS) is 11.6. The predicted octanol–water partition coefficient (Wildman–Crippen LogP) is 5.33. The van der Waals surface area contributed by atoms with Crippen LogP contribution in [0.15, 0.2) is 47.5 Å². The van der Waals surface area contributed by atoms with Crippen LogP contribution in [0.3, 0.4) is 0 Å². The van der Waals surface area contributed by atoms with Gasteiger partial charge in [-0.2, -0.15) is 0 Å². The lowest BCUT2D eigenvalue weighted by Gasteiger charge is -2.14. The van der Waals surface area contributed by atoms with E-state index in [-0.39, 0.29) is 5.56 Å². The van der Waals surface area contributed by atoms with Crippen LogP contribution in [0, 0.1) is 20.8 Å². The largest absolute Gasteiger partial charge is 0.357 e. The van der Waals surface area contributed by atoms with E-state index >= 15 is 0 Å². The molecule has 0 atom stereocenters. The van der Waals surface area contributed by atoms with E-state index in [0.29, 0.717) is 12.1 Å². The summed E-state index contributed by atoms with van der Waals surface area (Å²) in [7, 11) is 1.77. The Labute approximate surface area is 202 Å². The van der Waals surface area contributed by atoms with Gasteiger partial charge in [-0.3, -0.25) is 4.79 Å².